The van der Waals surface area contributed by atoms with Gasteiger partial charge < -0.3 is 9.64 Å². The maximum atomic E-state index is 12.3. The molecule has 4 nitrogen and oxygen atoms in total. The van der Waals surface area contributed by atoms with Crippen molar-refractivity contribution in [2.45, 2.75) is 70.9 Å². The summed E-state index contributed by atoms with van der Waals surface area (Å²) < 4.78 is 5.30. The lowest BCUT2D eigenvalue weighted by Crippen LogP contribution is -2.53. The fraction of sp³-hybridized carbons (Fsp3) is 0.941. The van der Waals surface area contributed by atoms with Crippen LogP contribution in [0.25, 0.3) is 0 Å². The summed E-state index contributed by atoms with van der Waals surface area (Å²) in [5.41, 5.74) is -0.524. The molecule has 21 heavy (non-hydrogen) atoms. The van der Waals surface area contributed by atoms with E-state index in [2.05, 4.69) is 17.1 Å². The number of esters is 1. The Morgan fingerprint density at radius 1 is 1.29 bits per heavy atom. The van der Waals surface area contributed by atoms with E-state index in [4.69, 9.17) is 4.74 Å². The molecular formula is C17H32N2O2. The van der Waals surface area contributed by atoms with Gasteiger partial charge in [-0.2, -0.15) is 0 Å². The molecule has 1 N–H and O–H groups in total. The number of carbonyl (C=O) groups is 1. The van der Waals surface area contributed by atoms with Crippen LogP contribution in [-0.4, -0.2) is 48.7 Å². The summed E-state index contributed by atoms with van der Waals surface area (Å²) in [5.74, 6) is 0.798. The largest absolute Gasteiger partial charge is 0.465 e. The van der Waals surface area contributed by atoms with Gasteiger partial charge in [0.05, 0.1) is 6.61 Å². The number of nitrogens with zero attached hydrogens (tertiary/aromatic N) is 1. The van der Waals surface area contributed by atoms with Crippen LogP contribution in [0.4, 0.5) is 0 Å². The Labute approximate surface area is 129 Å². The topological polar surface area (TPSA) is 41.6 Å². The minimum absolute atomic E-state index is 0.0865. The molecule has 0 saturated heterocycles. The van der Waals surface area contributed by atoms with Gasteiger partial charge in [-0.1, -0.05) is 13.3 Å². The van der Waals surface area contributed by atoms with Gasteiger partial charge in [0.1, 0.15) is 5.54 Å². The summed E-state index contributed by atoms with van der Waals surface area (Å²) in [6, 6.07) is 0.515. The monoisotopic (exact) mass is 296 g/mol. The predicted molar refractivity (Wildman–Crippen MR) is 85.3 cm³/mol. The third-order valence-electron chi connectivity index (χ3n) is 4.94. The Hall–Kier alpha value is -0.610. The third kappa shape index (κ3) is 4.96. The van der Waals surface area contributed by atoms with Crippen LogP contribution in [0.3, 0.4) is 0 Å². The number of hydrogen-bond donors (Lipinski definition) is 1. The zero-order chi connectivity index (χ0) is 15.3. The van der Waals surface area contributed by atoms with Crippen molar-refractivity contribution in [3.8, 4) is 0 Å². The molecule has 0 bridgehead atoms. The van der Waals surface area contributed by atoms with Crippen molar-refractivity contribution >= 4 is 5.97 Å². The van der Waals surface area contributed by atoms with Crippen molar-refractivity contribution < 1.29 is 9.53 Å². The van der Waals surface area contributed by atoms with Gasteiger partial charge in [-0.05, 0) is 58.4 Å². The first-order chi connectivity index (χ1) is 10.1. The molecule has 4 heteroatoms. The molecule has 0 aromatic rings. The normalized spacial score (nSPS) is 21.9. The minimum Gasteiger partial charge on any atom is -0.465 e. The molecule has 0 amide bonds. The van der Waals surface area contributed by atoms with Crippen molar-refractivity contribution in [3.05, 3.63) is 0 Å². The van der Waals surface area contributed by atoms with E-state index < -0.39 is 5.54 Å². The van der Waals surface area contributed by atoms with E-state index in [0.29, 0.717) is 12.6 Å². The highest BCUT2D eigenvalue weighted by molar-refractivity contribution is 5.80. The van der Waals surface area contributed by atoms with Gasteiger partial charge in [0.15, 0.2) is 0 Å². The smallest absolute Gasteiger partial charge is 0.326 e. The lowest BCUT2D eigenvalue weighted by Gasteiger charge is -2.35. The molecule has 0 aromatic carbocycles. The first kappa shape index (κ1) is 16.8. The van der Waals surface area contributed by atoms with Crippen LogP contribution in [-0.2, 0) is 9.53 Å². The van der Waals surface area contributed by atoms with Crippen LogP contribution >= 0.6 is 0 Å². The Kier molecular flexibility index (Phi) is 6.06. The number of rotatable bonds is 10. The maximum Gasteiger partial charge on any atom is 0.326 e. The standard InChI is InChI=1S/C17H32N2O2/c1-4-19(13-14-7-6-8-14)12-11-17(3,16(20)21-5-2)18-15-9-10-15/h14-15,18H,4-13H2,1-3H3. The fourth-order valence-corrected chi connectivity index (χ4v) is 3.00. The van der Waals surface area contributed by atoms with E-state index >= 15 is 0 Å². The van der Waals surface area contributed by atoms with Gasteiger partial charge in [0.25, 0.3) is 0 Å². The Morgan fingerprint density at radius 2 is 2.00 bits per heavy atom. The molecule has 122 valence electrons. The predicted octanol–water partition coefficient (Wildman–Crippen LogP) is 2.57. The van der Waals surface area contributed by atoms with Gasteiger partial charge in [-0.15, -0.1) is 0 Å². The second-order valence-electron chi connectivity index (χ2n) is 6.91. The van der Waals surface area contributed by atoms with E-state index in [9.17, 15) is 4.79 Å². The highest BCUT2D eigenvalue weighted by atomic mass is 16.5. The van der Waals surface area contributed by atoms with Crippen molar-refractivity contribution in [2.75, 3.05) is 26.2 Å². The molecule has 0 aromatic heterocycles. The zero-order valence-electron chi connectivity index (χ0n) is 14.0. The molecule has 1 atom stereocenters. The van der Waals surface area contributed by atoms with Crippen molar-refractivity contribution in [3.63, 3.8) is 0 Å². The lowest BCUT2D eigenvalue weighted by atomic mass is 9.85. The van der Waals surface area contributed by atoms with Crippen LogP contribution in [0.1, 0.15) is 59.3 Å². The molecule has 2 rings (SSSR count). The van der Waals surface area contributed by atoms with E-state index in [0.717, 1.165) is 25.4 Å². The highest BCUT2D eigenvalue weighted by Gasteiger charge is 2.39. The molecule has 2 fully saturated rings. The van der Waals surface area contributed by atoms with Gasteiger partial charge in [0.2, 0.25) is 0 Å². The van der Waals surface area contributed by atoms with E-state index in [1.165, 1.54) is 38.6 Å². The molecule has 0 aliphatic heterocycles. The summed E-state index contributed by atoms with van der Waals surface area (Å²) >= 11 is 0. The maximum absolute atomic E-state index is 12.3. The lowest BCUT2D eigenvalue weighted by molar-refractivity contribution is -0.151. The van der Waals surface area contributed by atoms with E-state index in [-0.39, 0.29) is 5.97 Å². The molecule has 0 heterocycles. The van der Waals surface area contributed by atoms with Gasteiger partial charge in [-0.3, -0.25) is 10.1 Å². The summed E-state index contributed by atoms with van der Waals surface area (Å²) in [6.45, 7) is 9.81. The molecule has 1 unspecified atom stereocenters. The summed E-state index contributed by atoms with van der Waals surface area (Å²) in [5, 5.41) is 3.51. The van der Waals surface area contributed by atoms with Crippen LogP contribution in [0.2, 0.25) is 0 Å². The Bertz CT molecular complexity index is 340. The summed E-state index contributed by atoms with van der Waals surface area (Å²) in [6.07, 6.45) is 7.37. The Morgan fingerprint density at radius 3 is 2.48 bits per heavy atom. The van der Waals surface area contributed by atoms with Crippen LogP contribution in [0, 0.1) is 5.92 Å². The average Bonchev–Trinajstić information content (AvgIpc) is 3.21. The van der Waals surface area contributed by atoms with Crippen LogP contribution < -0.4 is 5.32 Å². The molecule has 2 aliphatic carbocycles. The fourth-order valence-electron chi connectivity index (χ4n) is 3.00. The quantitative estimate of drug-likeness (QED) is 0.629. The van der Waals surface area contributed by atoms with E-state index in [1.54, 1.807) is 0 Å². The summed E-state index contributed by atoms with van der Waals surface area (Å²) in [4.78, 5) is 14.8. The second kappa shape index (κ2) is 7.59. The third-order valence-corrected chi connectivity index (χ3v) is 4.94. The average molecular weight is 296 g/mol. The minimum atomic E-state index is -0.524. The number of ether oxygens (including phenoxy) is 1. The summed E-state index contributed by atoms with van der Waals surface area (Å²) in [7, 11) is 0. The number of hydrogen-bond acceptors (Lipinski definition) is 4. The molecule has 0 radical (unpaired) electrons. The van der Waals surface area contributed by atoms with Crippen LogP contribution in [0.15, 0.2) is 0 Å². The van der Waals surface area contributed by atoms with Gasteiger partial charge >= 0.3 is 5.97 Å². The van der Waals surface area contributed by atoms with Crippen molar-refractivity contribution in [1.82, 2.24) is 10.2 Å². The number of nitrogens with one attached hydrogen (secondary N) is 1. The Balaban J connectivity index is 1.85. The van der Waals surface area contributed by atoms with E-state index in [1.807, 2.05) is 13.8 Å². The first-order valence-electron chi connectivity index (χ1n) is 8.74. The van der Waals surface area contributed by atoms with Crippen molar-refractivity contribution in [1.29, 1.82) is 0 Å². The van der Waals surface area contributed by atoms with Gasteiger partial charge in [0, 0.05) is 19.1 Å². The van der Waals surface area contributed by atoms with Gasteiger partial charge in [-0.25, -0.2) is 0 Å². The SMILES string of the molecule is CCOC(=O)C(C)(CCN(CC)CC1CCC1)NC1CC1. The zero-order valence-corrected chi connectivity index (χ0v) is 14.0. The molecular weight excluding hydrogens is 264 g/mol. The number of carbonyl (C=O) groups excluding carboxylic acids is 1. The first-order valence-corrected chi connectivity index (χ1v) is 8.74. The van der Waals surface area contributed by atoms with Crippen molar-refractivity contribution in [2.24, 2.45) is 5.92 Å². The highest BCUT2D eigenvalue weighted by Crippen LogP contribution is 2.28. The molecule has 2 saturated carbocycles. The molecule has 0 spiro atoms. The molecule has 2 aliphatic rings. The second-order valence-corrected chi connectivity index (χ2v) is 6.91. The van der Waals surface area contributed by atoms with Crippen LogP contribution in [0.5, 0.6) is 0 Å².